The highest BCUT2D eigenvalue weighted by molar-refractivity contribution is 7.23. The highest BCUT2D eigenvalue weighted by Crippen LogP contribution is 2.27. The van der Waals surface area contributed by atoms with Crippen molar-refractivity contribution in [3.8, 4) is 0 Å². The Morgan fingerprint density at radius 2 is 1.96 bits per heavy atom. The summed E-state index contributed by atoms with van der Waals surface area (Å²) in [6, 6.07) is 7.50. The molecule has 0 saturated carbocycles. The van der Waals surface area contributed by atoms with Crippen LogP contribution in [0.2, 0.25) is 0 Å². The maximum Gasteiger partial charge on any atom is 0.274 e. The van der Waals surface area contributed by atoms with Crippen LogP contribution in [0.4, 0.5) is 5.82 Å². The number of β-amino-alcohol motifs (C(OH)–C–C–N with tert-alkyl or cyclic N) is 1. The summed E-state index contributed by atoms with van der Waals surface area (Å²) in [5.41, 5.74) is 5.78. The predicted molar refractivity (Wildman–Crippen MR) is 101 cm³/mol. The van der Waals surface area contributed by atoms with Gasteiger partial charge in [-0.25, -0.2) is 4.98 Å². The first kappa shape index (κ1) is 17.0. The number of nitrogens with two attached hydrogens (primary N) is 1. The van der Waals surface area contributed by atoms with Crippen molar-refractivity contribution in [1.29, 1.82) is 0 Å². The molecule has 3 heterocycles. The number of anilines is 1. The molecule has 1 fully saturated rings. The van der Waals surface area contributed by atoms with E-state index in [4.69, 9.17) is 10.8 Å². The third kappa shape index (κ3) is 2.74. The number of primary amides is 1. The maximum atomic E-state index is 13.0. The van der Waals surface area contributed by atoms with Crippen molar-refractivity contribution in [3.63, 3.8) is 0 Å². The lowest BCUT2D eigenvalue weighted by Crippen LogP contribution is -2.48. The lowest BCUT2D eigenvalue weighted by atomic mass is 10.2. The fraction of sp³-hybridized carbons (Fsp3) is 0.353. The lowest BCUT2D eigenvalue weighted by molar-refractivity contribution is 0.0998. The van der Waals surface area contributed by atoms with Gasteiger partial charge in [0, 0.05) is 32.7 Å². The topological polar surface area (TPSA) is 104 Å². The number of nitrogens with zero attached hydrogens (tertiary/aromatic N) is 4. The molecule has 9 heteroatoms. The van der Waals surface area contributed by atoms with Gasteiger partial charge in [-0.3, -0.25) is 18.9 Å². The zero-order valence-corrected chi connectivity index (χ0v) is 14.9. The molecule has 1 saturated heterocycles. The summed E-state index contributed by atoms with van der Waals surface area (Å²) in [7, 11) is 0. The van der Waals surface area contributed by atoms with Gasteiger partial charge in [-0.2, -0.15) is 0 Å². The van der Waals surface area contributed by atoms with Crippen molar-refractivity contribution in [2.24, 2.45) is 5.73 Å². The number of hydrogen-bond donors (Lipinski definition) is 2. The van der Waals surface area contributed by atoms with Gasteiger partial charge in [-0.05, 0) is 12.1 Å². The Morgan fingerprint density at radius 3 is 2.65 bits per heavy atom. The van der Waals surface area contributed by atoms with E-state index in [1.54, 1.807) is 0 Å². The number of carbonyl (C=O) groups excluding carboxylic acids is 1. The van der Waals surface area contributed by atoms with Crippen LogP contribution in [0.5, 0.6) is 0 Å². The minimum absolute atomic E-state index is 0.0679. The van der Waals surface area contributed by atoms with Crippen LogP contribution in [0.15, 0.2) is 29.1 Å². The van der Waals surface area contributed by atoms with Crippen molar-refractivity contribution >= 4 is 38.2 Å². The summed E-state index contributed by atoms with van der Waals surface area (Å²) in [5, 5.41) is 9.07. The number of aliphatic hydroxyl groups excluding tert-OH is 1. The first-order valence-electron chi connectivity index (χ1n) is 8.42. The van der Waals surface area contributed by atoms with E-state index in [0.717, 1.165) is 23.3 Å². The first-order chi connectivity index (χ1) is 12.6. The van der Waals surface area contributed by atoms with E-state index in [9.17, 15) is 9.59 Å². The summed E-state index contributed by atoms with van der Waals surface area (Å²) in [5.74, 6) is -0.405. The molecule has 0 bridgehead atoms. The molecular weight excluding hydrogens is 354 g/mol. The molecule has 8 nitrogen and oxygen atoms in total. The minimum Gasteiger partial charge on any atom is -0.395 e. The largest absolute Gasteiger partial charge is 0.395 e. The van der Waals surface area contributed by atoms with Gasteiger partial charge < -0.3 is 15.7 Å². The van der Waals surface area contributed by atoms with E-state index in [2.05, 4.69) is 9.88 Å². The molecular formula is C17H19N5O3S. The van der Waals surface area contributed by atoms with Gasteiger partial charge in [-0.15, -0.1) is 0 Å². The quantitative estimate of drug-likeness (QED) is 0.673. The molecule has 1 aromatic carbocycles. The average Bonchev–Trinajstić information content (AvgIpc) is 3.01. The van der Waals surface area contributed by atoms with E-state index in [1.807, 2.05) is 29.2 Å². The molecule has 26 heavy (non-hydrogen) atoms. The molecule has 3 aromatic rings. The maximum absolute atomic E-state index is 13.0. The SMILES string of the molecule is NC(=O)c1c(N2CCN(CCO)CC2)nc2sc3ccccc3n2c1=O. The van der Waals surface area contributed by atoms with Crippen LogP contribution in [0.3, 0.4) is 0 Å². The molecule has 0 aliphatic carbocycles. The Morgan fingerprint density at radius 1 is 1.23 bits per heavy atom. The molecule has 3 N–H and O–H groups in total. The summed E-state index contributed by atoms with van der Waals surface area (Å²) >= 11 is 1.41. The Balaban J connectivity index is 1.84. The number of hydrogen-bond acceptors (Lipinski definition) is 7. The van der Waals surface area contributed by atoms with Crippen molar-refractivity contribution in [2.45, 2.75) is 0 Å². The predicted octanol–water partition coefficient (Wildman–Crippen LogP) is 0.122. The van der Waals surface area contributed by atoms with E-state index in [0.29, 0.717) is 30.4 Å². The van der Waals surface area contributed by atoms with Crippen molar-refractivity contribution in [3.05, 3.63) is 40.2 Å². The van der Waals surface area contributed by atoms with Gasteiger partial charge in [0.1, 0.15) is 5.56 Å². The van der Waals surface area contributed by atoms with Crippen molar-refractivity contribution in [2.75, 3.05) is 44.2 Å². The number of piperazine rings is 1. The van der Waals surface area contributed by atoms with E-state index in [1.165, 1.54) is 15.7 Å². The fourth-order valence-corrected chi connectivity index (χ4v) is 4.38. The molecule has 0 atom stereocenters. The van der Waals surface area contributed by atoms with E-state index >= 15 is 0 Å². The molecule has 0 unspecified atom stereocenters. The van der Waals surface area contributed by atoms with Gasteiger partial charge in [0.2, 0.25) is 0 Å². The molecule has 136 valence electrons. The van der Waals surface area contributed by atoms with Crippen LogP contribution in [0, 0.1) is 0 Å². The number of para-hydroxylation sites is 1. The first-order valence-corrected chi connectivity index (χ1v) is 9.24. The fourth-order valence-electron chi connectivity index (χ4n) is 3.37. The van der Waals surface area contributed by atoms with Crippen LogP contribution >= 0.6 is 11.3 Å². The van der Waals surface area contributed by atoms with Gasteiger partial charge in [0.25, 0.3) is 11.5 Å². The minimum atomic E-state index is -0.764. The number of amides is 1. The Bertz CT molecular complexity index is 1040. The lowest BCUT2D eigenvalue weighted by Gasteiger charge is -2.35. The van der Waals surface area contributed by atoms with Crippen molar-refractivity contribution < 1.29 is 9.90 Å². The third-order valence-corrected chi connectivity index (χ3v) is 5.70. The number of fused-ring (bicyclic) bond motifs is 3. The molecule has 1 aliphatic rings. The smallest absolute Gasteiger partial charge is 0.274 e. The highest BCUT2D eigenvalue weighted by atomic mass is 32.1. The van der Waals surface area contributed by atoms with Crippen LogP contribution < -0.4 is 16.2 Å². The van der Waals surface area contributed by atoms with Gasteiger partial charge >= 0.3 is 0 Å². The second-order valence-corrected chi connectivity index (χ2v) is 7.23. The normalized spacial score (nSPS) is 15.8. The van der Waals surface area contributed by atoms with Crippen LogP contribution in [-0.4, -0.2) is 64.6 Å². The zero-order valence-electron chi connectivity index (χ0n) is 14.1. The average molecular weight is 373 g/mol. The molecule has 0 spiro atoms. The molecule has 4 rings (SSSR count). The summed E-state index contributed by atoms with van der Waals surface area (Å²) < 4.78 is 2.39. The summed E-state index contributed by atoms with van der Waals surface area (Å²) in [4.78, 5) is 34.3. The molecule has 2 aromatic heterocycles. The third-order valence-electron chi connectivity index (χ3n) is 4.68. The van der Waals surface area contributed by atoms with Crippen LogP contribution in [-0.2, 0) is 0 Å². The highest BCUT2D eigenvalue weighted by Gasteiger charge is 2.26. The van der Waals surface area contributed by atoms with E-state index in [-0.39, 0.29) is 12.2 Å². The summed E-state index contributed by atoms with van der Waals surface area (Å²) in [6.07, 6.45) is 0. The molecule has 1 amide bonds. The Labute approximate surface area is 153 Å². The zero-order chi connectivity index (χ0) is 18.3. The molecule has 0 radical (unpaired) electrons. The van der Waals surface area contributed by atoms with Gasteiger partial charge in [0.05, 0.1) is 16.8 Å². The number of carbonyl (C=O) groups is 1. The standard InChI is InChI=1S/C17H19N5O3S/c18-14(24)13-15(21-7-5-20(6-8-21)9-10-23)19-17-22(16(13)25)11-3-1-2-4-12(11)26-17/h1-4,23H,5-10H2,(H2,18,24). The number of benzene rings is 1. The number of aliphatic hydroxyl groups is 1. The Kier molecular flexibility index (Phi) is 4.35. The number of thiazole rings is 1. The second-order valence-electron chi connectivity index (χ2n) is 6.22. The molecule has 1 aliphatic heterocycles. The monoisotopic (exact) mass is 373 g/mol. The van der Waals surface area contributed by atoms with Crippen molar-refractivity contribution in [1.82, 2.24) is 14.3 Å². The van der Waals surface area contributed by atoms with Gasteiger partial charge in [0.15, 0.2) is 10.8 Å². The number of aromatic nitrogens is 2. The van der Waals surface area contributed by atoms with E-state index < -0.39 is 11.5 Å². The second kappa shape index (κ2) is 6.67. The summed E-state index contributed by atoms with van der Waals surface area (Å²) in [6.45, 7) is 3.42. The van der Waals surface area contributed by atoms with Gasteiger partial charge in [-0.1, -0.05) is 23.5 Å². The Hall–Kier alpha value is -2.49. The van der Waals surface area contributed by atoms with Crippen LogP contribution in [0.1, 0.15) is 10.4 Å². The van der Waals surface area contributed by atoms with Crippen LogP contribution in [0.25, 0.3) is 15.2 Å². The number of rotatable bonds is 4.